The molecule has 7 rings (SSSR count). The van der Waals surface area contributed by atoms with Crippen LogP contribution in [-0.2, 0) is 9.47 Å². The number of nitriles is 1. The molecule has 1 amide bonds. The predicted octanol–water partition coefficient (Wildman–Crippen LogP) is 7.77. The molecule has 0 unspecified atom stereocenters. The maximum Gasteiger partial charge on any atom is 0.412 e. The molecule has 1 atom stereocenters. The number of aromatic nitrogens is 3. The molecule has 3 aromatic carbocycles. The topological polar surface area (TPSA) is 115 Å². The fourth-order valence-electron chi connectivity index (χ4n) is 6.05. The summed E-state index contributed by atoms with van der Waals surface area (Å²) in [6.45, 7) is 4.55. The maximum atomic E-state index is 13.3. The van der Waals surface area contributed by atoms with Gasteiger partial charge in [-0.2, -0.15) is 10.2 Å². The van der Waals surface area contributed by atoms with E-state index in [0.29, 0.717) is 35.8 Å². The molecule has 5 aromatic rings. The number of nitrogens with zero attached hydrogens (tertiary/aromatic N) is 5. The molecule has 47 heavy (non-hydrogen) atoms. The number of ether oxygens (including phenoxy) is 3. The number of amides is 1. The van der Waals surface area contributed by atoms with Crippen LogP contribution in [0.15, 0.2) is 79.0 Å². The van der Waals surface area contributed by atoms with Crippen LogP contribution in [-0.4, -0.2) is 46.9 Å². The lowest BCUT2D eigenvalue weighted by Gasteiger charge is -2.30. The third-order valence-electron chi connectivity index (χ3n) is 8.72. The largest absolute Gasteiger partial charge is 0.441 e. The highest BCUT2D eigenvalue weighted by molar-refractivity contribution is 5.96. The first kappa shape index (κ1) is 30.2. The molecular formula is C36H33FN6O4. The van der Waals surface area contributed by atoms with Crippen LogP contribution in [0, 0.1) is 17.1 Å². The monoisotopic (exact) mass is 632 g/mol. The van der Waals surface area contributed by atoms with Gasteiger partial charge in [-0.05, 0) is 79.8 Å². The Kier molecular flexibility index (Phi) is 8.42. The van der Waals surface area contributed by atoms with E-state index in [-0.39, 0.29) is 17.9 Å². The van der Waals surface area contributed by atoms with Gasteiger partial charge in [-0.15, -0.1) is 0 Å². The molecule has 1 aliphatic carbocycles. The molecule has 3 heterocycles. The number of halogens is 1. The zero-order valence-electron chi connectivity index (χ0n) is 25.9. The molecule has 238 valence electrons. The third-order valence-corrected chi connectivity index (χ3v) is 8.72. The van der Waals surface area contributed by atoms with E-state index < -0.39 is 12.2 Å². The van der Waals surface area contributed by atoms with Gasteiger partial charge in [0.05, 0.1) is 30.0 Å². The fraction of sp³-hybridized carbons (Fsp3) is 0.278. The van der Waals surface area contributed by atoms with Crippen molar-refractivity contribution in [2.75, 3.05) is 36.5 Å². The zero-order valence-corrected chi connectivity index (χ0v) is 25.9. The molecule has 1 N–H and O–H groups in total. The number of nitrogens with one attached hydrogen (secondary N) is 1. The number of anilines is 2. The smallest absolute Gasteiger partial charge is 0.412 e. The third kappa shape index (κ3) is 6.33. The second-order valence-electron chi connectivity index (χ2n) is 11.7. The van der Waals surface area contributed by atoms with Gasteiger partial charge in [0.15, 0.2) is 0 Å². The molecule has 0 spiro atoms. The molecule has 0 radical (unpaired) electrons. The first-order valence-electron chi connectivity index (χ1n) is 15.7. The summed E-state index contributed by atoms with van der Waals surface area (Å²) in [5.41, 5.74) is 4.40. The Bertz CT molecular complexity index is 1940. The highest BCUT2D eigenvalue weighted by Crippen LogP contribution is 2.43. The molecular weight excluding hydrogens is 599 g/mol. The van der Waals surface area contributed by atoms with Crippen molar-refractivity contribution in [3.05, 3.63) is 95.9 Å². The summed E-state index contributed by atoms with van der Waals surface area (Å²) >= 11 is 0. The summed E-state index contributed by atoms with van der Waals surface area (Å²) in [7, 11) is 0. The van der Waals surface area contributed by atoms with Crippen molar-refractivity contribution in [2.24, 2.45) is 0 Å². The van der Waals surface area contributed by atoms with Crippen molar-refractivity contribution in [3.63, 3.8) is 0 Å². The number of hydrogen-bond donors (Lipinski definition) is 1. The summed E-state index contributed by atoms with van der Waals surface area (Å²) < 4.78 is 32.6. The number of morpholine rings is 1. The van der Waals surface area contributed by atoms with Crippen LogP contribution in [0.1, 0.15) is 49.5 Å². The summed E-state index contributed by atoms with van der Waals surface area (Å²) in [5, 5.41) is 14.0. The van der Waals surface area contributed by atoms with E-state index in [1.807, 2.05) is 36.4 Å². The van der Waals surface area contributed by atoms with E-state index in [1.54, 1.807) is 37.4 Å². The van der Waals surface area contributed by atoms with Crippen molar-refractivity contribution in [3.8, 4) is 29.1 Å². The Morgan fingerprint density at radius 2 is 1.83 bits per heavy atom. The number of carbonyl (C=O) groups excluding carboxylic acids is 1. The molecule has 2 aromatic heterocycles. The van der Waals surface area contributed by atoms with Crippen molar-refractivity contribution in [1.29, 1.82) is 5.26 Å². The van der Waals surface area contributed by atoms with Crippen molar-refractivity contribution in [2.45, 2.75) is 38.3 Å². The van der Waals surface area contributed by atoms with E-state index >= 15 is 0 Å². The van der Waals surface area contributed by atoms with Gasteiger partial charge in [0.1, 0.15) is 29.6 Å². The van der Waals surface area contributed by atoms with Crippen molar-refractivity contribution in [1.82, 2.24) is 14.5 Å². The van der Waals surface area contributed by atoms with Crippen LogP contribution in [0.3, 0.4) is 0 Å². The maximum absolute atomic E-state index is 13.3. The Labute approximate surface area is 271 Å². The molecule has 1 saturated heterocycles. The average Bonchev–Trinajstić information content (AvgIpc) is 3.38. The quantitative estimate of drug-likeness (QED) is 0.185. The molecule has 1 saturated carbocycles. The number of benzene rings is 3. The highest BCUT2D eigenvalue weighted by atomic mass is 19.1. The first-order chi connectivity index (χ1) is 23.0. The van der Waals surface area contributed by atoms with Crippen LogP contribution in [0.25, 0.3) is 22.2 Å². The second kappa shape index (κ2) is 13.1. The van der Waals surface area contributed by atoms with Gasteiger partial charge in [0.2, 0.25) is 0 Å². The predicted molar refractivity (Wildman–Crippen MR) is 175 cm³/mol. The Morgan fingerprint density at radius 3 is 2.53 bits per heavy atom. The number of carbonyl (C=O) groups is 1. The van der Waals surface area contributed by atoms with E-state index in [2.05, 4.69) is 30.8 Å². The van der Waals surface area contributed by atoms with E-state index in [4.69, 9.17) is 14.2 Å². The lowest BCUT2D eigenvalue weighted by atomic mass is 9.92. The zero-order chi connectivity index (χ0) is 32.3. The number of hydrogen-bond acceptors (Lipinski definition) is 8. The Morgan fingerprint density at radius 1 is 1.06 bits per heavy atom. The Hall–Kier alpha value is -5.47. The van der Waals surface area contributed by atoms with Gasteiger partial charge >= 0.3 is 12.1 Å². The van der Waals surface area contributed by atoms with Crippen LogP contribution in [0.4, 0.5) is 20.7 Å². The van der Waals surface area contributed by atoms with Crippen molar-refractivity contribution >= 4 is 28.5 Å². The van der Waals surface area contributed by atoms with Crippen LogP contribution in [0.5, 0.6) is 11.8 Å². The molecule has 11 heteroatoms. The summed E-state index contributed by atoms with van der Waals surface area (Å²) in [6, 6.07) is 23.7. The molecule has 0 bridgehead atoms. The minimum atomic E-state index is -0.622. The van der Waals surface area contributed by atoms with Gasteiger partial charge in [-0.1, -0.05) is 24.3 Å². The number of rotatable bonds is 8. The van der Waals surface area contributed by atoms with E-state index in [9.17, 15) is 14.4 Å². The van der Waals surface area contributed by atoms with E-state index in [0.717, 1.165) is 60.3 Å². The van der Waals surface area contributed by atoms with Crippen LogP contribution >= 0.6 is 0 Å². The van der Waals surface area contributed by atoms with Crippen LogP contribution < -0.4 is 15.0 Å². The lowest BCUT2D eigenvalue weighted by molar-refractivity contribution is 0.121. The van der Waals surface area contributed by atoms with Crippen molar-refractivity contribution < 1.29 is 23.4 Å². The molecule has 1 aliphatic heterocycles. The van der Waals surface area contributed by atoms with Crippen LogP contribution in [0.2, 0.25) is 0 Å². The summed E-state index contributed by atoms with van der Waals surface area (Å²) in [5.74, 6) is 1.02. The van der Waals surface area contributed by atoms with Gasteiger partial charge in [-0.25, -0.2) is 14.2 Å². The minimum Gasteiger partial charge on any atom is -0.441 e. The first-order valence-corrected chi connectivity index (χ1v) is 15.7. The van der Waals surface area contributed by atoms with Gasteiger partial charge in [-0.3, -0.25) is 5.32 Å². The average molecular weight is 633 g/mol. The van der Waals surface area contributed by atoms with Gasteiger partial charge < -0.3 is 23.7 Å². The molecule has 2 fully saturated rings. The van der Waals surface area contributed by atoms with E-state index in [1.165, 1.54) is 12.1 Å². The Balaban J connectivity index is 1.14. The minimum absolute atomic E-state index is 0.242. The number of fused-ring (bicyclic) bond motifs is 1. The normalized spacial score (nSPS) is 15.5. The summed E-state index contributed by atoms with van der Waals surface area (Å²) in [4.78, 5) is 23.7. The highest BCUT2D eigenvalue weighted by Gasteiger charge is 2.28. The second-order valence-corrected chi connectivity index (χ2v) is 11.7. The SMILES string of the molecule is C[C@@H](OC(=O)Nc1ccc(-c2c(C#N)c3ccc(Oc4nccc(N5CCOCC5)n4)cc3n2C2CCC2)cc1)c1ccc(F)cc1. The van der Waals surface area contributed by atoms with Gasteiger partial charge in [0.25, 0.3) is 0 Å². The standard InChI is InChI=1S/C36H33FN6O4/c1-23(24-5-9-26(37)10-6-24)46-36(44)40-27-11-7-25(8-12-27)34-31(22-38)30-14-13-29(21-32(30)43(34)28-3-2-4-28)47-35-39-16-15-33(41-35)42-17-19-45-20-18-42/h5-16,21,23,28H,2-4,17-20H2,1H3,(H,40,44)/t23-/m1/s1. The molecule has 10 nitrogen and oxygen atoms in total. The fourth-order valence-corrected chi connectivity index (χ4v) is 6.05. The lowest BCUT2D eigenvalue weighted by Crippen LogP contribution is -2.36. The summed E-state index contributed by atoms with van der Waals surface area (Å²) in [6.07, 6.45) is 3.65. The van der Waals surface area contributed by atoms with Gasteiger partial charge in [0, 0.05) is 42.5 Å². The molecule has 2 aliphatic rings.